The molecule has 2 fully saturated rings. The maximum absolute atomic E-state index is 10.5. The Morgan fingerprint density at radius 2 is 2.07 bits per heavy atom. The van der Waals surface area contributed by atoms with E-state index in [4.69, 9.17) is 0 Å². The van der Waals surface area contributed by atoms with Gasteiger partial charge in [-0.25, -0.2) is 0 Å². The van der Waals surface area contributed by atoms with Gasteiger partial charge in [0, 0.05) is 0 Å². The normalized spacial score (nSPS) is 40.1. The summed E-state index contributed by atoms with van der Waals surface area (Å²) in [6, 6.07) is 0. The van der Waals surface area contributed by atoms with Crippen molar-refractivity contribution in [3.8, 4) is 0 Å². The van der Waals surface area contributed by atoms with E-state index in [0.717, 1.165) is 18.3 Å². The van der Waals surface area contributed by atoms with E-state index in [1.807, 2.05) is 0 Å². The van der Waals surface area contributed by atoms with Gasteiger partial charge in [0.2, 0.25) is 0 Å². The molecule has 2 aliphatic rings. The fraction of sp³-hybridized carbons (Fsp3) is 1.00. The molecule has 0 aromatic carbocycles. The summed E-state index contributed by atoms with van der Waals surface area (Å²) in [5.41, 5.74) is -0.365. The third-order valence-electron chi connectivity index (χ3n) is 4.57. The zero-order chi connectivity index (χ0) is 10.2. The molecule has 2 bridgehead atoms. The molecule has 1 N–H and O–H groups in total. The molecule has 0 saturated heterocycles. The van der Waals surface area contributed by atoms with Crippen LogP contribution in [0, 0.1) is 17.8 Å². The Morgan fingerprint density at radius 1 is 1.29 bits per heavy atom. The van der Waals surface area contributed by atoms with E-state index in [0.29, 0.717) is 5.92 Å². The molecule has 0 spiro atoms. The molecule has 0 aromatic heterocycles. The van der Waals surface area contributed by atoms with Crippen LogP contribution in [-0.2, 0) is 0 Å². The second-order valence-electron chi connectivity index (χ2n) is 5.74. The Bertz CT molecular complexity index is 197. The molecule has 4 atom stereocenters. The third-order valence-corrected chi connectivity index (χ3v) is 4.57. The summed E-state index contributed by atoms with van der Waals surface area (Å²) in [7, 11) is 0. The van der Waals surface area contributed by atoms with E-state index in [2.05, 4.69) is 13.8 Å². The highest BCUT2D eigenvalue weighted by atomic mass is 16.3. The topological polar surface area (TPSA) is 20.2 Å². The molecule has 2 saturated carbocycles. The summed E-state index contributed by atoms with van der Waals surface area (Å²) in [6.07, 6.45) is 8.94. The number of aliphatic hydroxyl groups is 1. The van der Waals surface area contributed by atoms with Crippen molar-refractivity contribution in [2.24, 2.45) is 17.8 Å². The summed E-state index contributed by atoms with van der Waals surface area (Å²) in [5, 5.41) is 10.5. The molecular weight excluding hydrogens is 172 g/mol. The molecule has 0 amide bonds. The van der Waals surface area contributed by atoms with Gasteiger partial charge in [0.1, 0.15) is 0 Å². The largest absolute Gasteiger partial charge is 0.390 e. The van der Waals surface area contributed by atoms with Gasteiger partial charge in [0.25, 0.3) is 0 Å². The smallest absolute Gasteiger partial charge is 0.0650 e. The molecule has 4 unspecified atom stereocenters. The van der Waals surface area contributed by atoms with Crippen LogP contribution in [0.1, 0.15) is 58.8 Å². The lowest BCUT2D eigenvalue weighted by atomic mass is 9.75. The Kier molecular flexibility index (Phi) is 2.88. The monoisotopic (exact) mass is 196 g/mol. The van der Waals surface area contributed by atoms with E-state index in [1.165, 1.54) is 38.5 Å². The zero-order valence-corrected chi connectivity index (χ0v) is 9.63. The van der Waals surface area contributed by atoms with E-state index >= 15 is 0 Å². The molecule has 14 heavy (non-hydrogen) atoms. The highest BCUT2D eigenvalue weighted by Gasteiger charge is 2.47. The fourth-order valence-corrected chi connectivity index (χ4v) is 3.73. The Morgan fingerprint density at radius 3 is 2.57 bits per heavy atom. The molecule has 2 aliphatic carbocycles. The molecule has 0 aliphatic heterocycles. The molecule has 0 radical (unpaired) electrons. The van der Waals surface area contributed by atoms with Crippen LogP contribution in [-0.4, -0.2) is 10.7 Å². The number of hydrogen-bond acceptors (Lipinski definition) is 1. The van der Waals surface area contributed by atoms with Gasteiger partial charge in [-0.05, 0) is 50.4 Å². The summed E-state index contributed by atoms with van der Waals surface area (Å²) >= 11 is 0. The van der Waals surface area contributed by atoms with Crippen molar-refractivity contribution in [3.63, 3.8) is 0 Å². The van der Waals surface area contributed by atoms with Gasteiger partial charge in [0.05, 0.1) is 5.60 Å². The van der Waals surface area contributed by atoms with Crippen LogP contribution in [0.2, 0.25) is 0 Å². The summed E-state index contributed by atoms with van der Waals surface area (Å²) in [6.45, 7) is 4.28. The highest BCUT2D eigenvalue weighted by Crippen LogP contribution is 2.52. The van der Waals surface area contributed by atoms with Crippen LogP contribution >= 0.6 is 0 Å². The molecule has 82 valence electrons. The number of hydrogen-bond donors (Lipinski definition) is 1. The predicted molar refractivity (Wildman–Crippen MR) is 59.1 cm³/mol. The van der Waals surface area contributed by atoms with Gasteiger partial charge in [0.15, 0.2) is 0 Å². The minimum Gasteiger partial charge on any atom is -0.390 e. The van der Waals surface area contributed by atoms with Crippen molar-refractivity contribution in [1.82, 2.24) is 0 Å². The minimum atomic E-state index is -0.365. The predicted octanol–water partition coefficient (Wildman–Crippen LogP) is 3.36. The minimum absolute atomic E-state index is 0.365. The third kappa shape index (κ3) is 1.84. The summed E-state index contributed by atoms with van der Waals surface area (Å²) < 4.78 is 0. The lowest BCUT2D eigenvalue weighted by Gasteiger charge is -2.36. The first-order valence-electron chi connectivity index (χ1n) is 6.36. The summed E-state index contributed by atoms with van der Waals surface area (Å²) in [5.74, 6) is 2.43. The van der Waals surface area contributed by atoms with E-state index in [9.17, 15) is 5.11 Å². The Labute approximate surface area is 87.9 Å². The Balaban J connectivity index is 1.93. The first kappa shape index (κ1) is 10.5. The van der Waals surface area contributed by atoms with Gasteiger partial charge < -0.3 is 5.11 Å². The van der Waals surface area contributed by atoms with Gasteiger partial charge in [-0.1, -0.05) is 26.2 Å². The van der Waals surface area contributed by atoms with Gasteiger partial charge in [-0.15, -0.1) is 0 Å². The van der Waals surface area contributed by atoms with Crippen molar-refractivity contribution in [2.45, 2.75) is 64.4 Å². The number of unbranched alkanes of at least 4 members (excludes halogenated alkanes) is 1. The SMILES string of the molecule is CCCCC(C)(O)C1CC2CCC1C2. The molecule has 0 heterocycles. The van der Waals surface area contributed by atoms with Crippen molar-refractivity contribution < 1.29 is 5.11 Å². The Hall–Kier alpha value is -0.0400. The van der Waals surface area contributed by atoms with Crippen molar-refractivity contribution in [3.05, 3.63) is 0 Å². The second-order valence-corrected chi connectivity index (χ2v) is 5.74. The lowest BCUT2D eigenvalue weighted by Crippen LogP contribution is -2.37. The van der Waals surface area contributed by atoms with Crippen molar-refractivity contribution in [1.29, 1.82) is 0 Å². The maximum atomic E-state index is 10.5. The van der Waals surface area contributed by atoms with Gasteiger partial charge in [-0.3, -0.25) is 0 Å². The summed E-state index contributed by atoms with van der Waals surface area (Å²) in [4.78, 5) is 0. The molecule has 2 rings (SSSR count). The highest BCUT2D eigenvalue weighted by molar-refractivity contribution is 4.97. The zero-order valence-electron chi connectivity index (χ0n) is 9.63. The molecule has 0 aromatic rings. The lowest BCUT2D eigenvalue weighted by molar-refractivity contribution is -0.0328. The van der Waals surface area contributed by atoms with Crippen molar-refractivity contribution in [2.75, 3.05) is 0 Å². The molecule has 1 nitrogen and oxygen atoms in total. The van der Waals surface area contributed by atoms with Gasteiger partial charge >= 0.3 is 0 Å². The first-order valence-corrected chi connectivity index (χ1v) is 6.36. The van der Waals surface area contributed by atoms with Crippen LogP contribution in [0.4, 0.5) is 0 Å². The average molecular weight is 196 g/mol. The fourth-order valence-electron chi connectivity index (χ4n) is 3.73. The second kappa shape index (κ2) is 3.84. The van der Waals surface area contributed by atoms with Crippen LogP contribution in [0.25, 0.3) is 0 Å². The van der Waals surface area contributed by atoms with Crippen LogP contribution < -0.4 is 0 Å². The average Bonchev–Trinajstić information content (AvgIpc) is 2.75. The number of rotatable bonds is 4. The maximum Gasteiger partial charge on any atom is 0.0650 e. The quantitative estimate of drug-likeness (QED) is 0.731. The van der Waals surface area contributed by atoms with Crippen LogP contribution in [0.5, 0.6) is 0 Å². The standard InChI is InChI=1S/C13H24O/c1-3-4-7-13(2,14)12-9-10-5-6-11(12)8-10/h10-12,14H,3-9H2,1-2H3. The number of fused-ring (bicyclic) bond motifs is 2. The van der Waals surface area contributed by atoms with E-state index in [1.54, 1.807) is 0 Å². The van der Waals surface area contributed by atoms with Crippen LogP contribution in [0.15, 0.2) is 0 Å². The van der Waals surface area contributed by atoms with Gasteiger partial charge in [-0.2, -0.15) is 0 Å². The van der Waals surface area contributed by atoms with Crippen LogP contribution in [0.3, 0.4) is 0 Å². The molecular formula is C13H24O. The molecule has 1 heteroatoms. The first-order chi connectivity index (χ1) is 6.63. The van der Waals surface area contributed by atoms with E-state index in [-0.39, 0.29) is 5.60 Å². The van der Waals surface area contributed by atoms with E-state index < -0.39 is 0 Å². The van der Waals surface area contributed by atoms with Crippen molar-refractivity contribution >= 4 is 0 Å².